The summed E-state index contributed by atoms with van der Waals surface area (Å²) in [6.45, 7) is 3.57. The van der Waals surface area contributed by atoms with Crippen LogP contribution in [0.25, 0.3) is 0 Å². The molecular formula is C23H27FN4O3. The minimum atomic E-state index is -0.393. The molecule has 1 unspecified atom stereocenters. The molecule has 1 aliphatic heterocycles. The molecule has 0 aromatic heterocycles. The average Bonchev–Trinajstić information content (AvgIpc) is 3.19. The number of hydrazone groups is 1. The highest BCUT2D eigenvalue weighted by atomic mass is 19.1. The molecular weight excluding hydrogens is 399 g/mol. The first-order valence-corrected chi connectivity index (χ1v) is 10.1. The van der Waals surface area contributed by atoms with Crippen LogP contribution in [0.3, 0.4) is 0 Å². The number of likely N-dealkylation sites (N-methyl/N-ethyl adjacent to an activating group) is 1. The molecule has 0 saturated carbocycles. The molecule has 1 atom stereocenters. The summed E-state index contributed by atoms with van der Waals surface area (Å²) in [6, 6.07) is 12.7. The number of urea groups is 1. The Balaban J connectivity index is 1.87. The molecule has 0 spiro atoms. The summed E-state index contributed by atoms with van der Waals surface area (Å²) in [5.74, 6) is 0.0145. The minimum Gasteiger partial charge on any atom is -0.497 e. The lowest BCUT2D eigenvalue weighted by Crippen LogP contribution is -2.45. The van der Waals surface area contributed by atoms with E-state index >= 15 is 0 Å². The van der Waals surface area contributed by atoms with Crippen LogP contribution in [0.4, 0.5) is 9.18 Å². The Morgan fingerprint density at radius 3 is 2.61 bits per heavy atom. The van der Waals surface area contributed by atoms with Gasteiger partial charge in [-0.15, -0.1) is 0 Å². The minimum absolute atomic E-state index is 0.0403. The predicted molar refractivity (Wildman–Crippen MR) is 116 cm³/mol. The zero-order valence-electron chi connectivity index (χ0n) is 18.1. The quantitative estimate of drug-likeness (QED) is 0.768. The highest BCUT2D eigenvalue weighted by Gasteiger charge is 2.34. The number of halogens is 1. The van der Waals surface area contributed by atoms with Crippen LogP contribution in [0.15, 0.2) is 53.6 Å². The van der Waals surface area contributed by atoms with Crippen molar-refractivity contribution in [2.24, 2.45) is 5.10 Å². The normalized spacial score (nSPS) is 15.6. The average molecular weight is 426 g/mol. The highest BCUT2D eigenvalue weighted by molar-refractivity contribution is 6.03. The number of amides is 3. The summed E-state index contributed by atoms with van der Waals surface area (Å²) >= 11 is 0. The fourth-order valence-electron chi connectivity index (χ4n) is 3.37. The third-order valence-corrected chi connectivity index (χ3v) is 4.95. The molecule has 0 bridgehead atoms. The van der Waals surface area contributed by atoms with Gasteiger partial charge in [0.15, 0.2) is 0 Å². The number of ether oxygens (including phenoxy) is 1. The highest BCUT2D eigenvalue weighted by Crippen LogP contribution is 2.33. The Morgan fingerprint density at radius 1 is 1.26 bits per heavy atom. The number of carbonyl (C=O) groups is 2. The number of hydrogen-bond acceptors (Lipinski definition) is 4. The van der Waals surface area contributed by atoms with E-state index in [1.54, 1.807) is 26.3 Å². The molecule has 1 N–H and O–H groups in total. The maximum Gasteiger partial charge on any atom is 0.317 e. The largest absolute Gasteiger partial charge is 0.497 e. The molecule has 31 heavy (non-hydrogen) atoms. The number of nitrogens with zero attached hydrogens (tertiary/aromatic N) is 3. The summed E-state index contributed by atoms with van der Waals surface area (Å²) in [5, 5.41) is 8.73. The summed E-state index contributed by atoms with van der Waals surface area (Å²) in [4.78, 5) is 26.6. The van der Waals surface area contributed by atoms with Gasteiger partial charge in [-0.25, -0.2) is 14.2 Å². The topological polar surface area (TPSA) is 74.2 Å². The Kier molecular flexibility index (Phi) is 6.89. The van der Waals surface area contributed by atoms with Crippen molar-refractivity contribution in [1.29, 1.82) is 0 Å². The van der Waals surface area contributed by atoms with Gasteiger partial charge in [-0.3, -0.25) is 4.79 Å². The van der Waals surface area contributed by atoms with Crippen LogP contribution in [0.5, 0.6) is 5.75 Å². The first-order valence-electron chi connectivity index (χ1n) is 10.1. The van der Waals surface area contributed by atoms with Crippen LogP contribution >= 0.6 is 0 Å². The van der Waals surface area contributed by atoms with E-state index in [0.717, 1.165) is 16.8 Å². The van der Waals surface area contributed by atoms with Crippen molar-refractivity contribution in [1.82, 2.24) is 15.2 Å². The SMILES string of the molecule is COc1cccc(C2=NN(C(=O)CN(C)C(=O)NC(C)C)C(c3ccc(F)cc3)C2)c1. The van der Waals surface area contributed by atoms with E-state index in [9.17, 15) is 14.0 Å². The van der Waals surface area contributed by atoms with E-state index in [-0.39, 0.29) is 30.3 Å². The Labute approximate surface area is 181 Å². The zero-order chi connectivity index (χ0) is 22.5. The second kappa shape index (κ2) is 9.59. The van der Waals surface area contributed by atoms with Crippen molar-refractivity contribution in [3.05, 3.63) is 65.5 Å². The fourth-order valence-corrected chi connectivity index (χ4v) is 3.37. The lowest BCUT2D eigenvalue weighted by Gasteiger charge is -2.25. The second-order valence-electron chi connectivity index (χ2n) is 7.75. The van der Waals surface area contributed by atoms with Gasteiger partial charge in [0.1, 0.15) is 18.1 Å². The van der Waals surface area contributed by atoms with Crippen molar-refractivity contribution in [3.63, 3.8) is 0 Å². The lowest BCUT2D eigenvalue weighted by molar-refractivity contribution is -0.133. The van der Waals surface area contributed by atoms with Crippen LogP contribution in [0.1, 0.15) is 37.4 Å². The molecule has 8 heteroatoms. The molecule has 3 amide bonds. The van der Waals surface area contributed by atoms with E-state index in [1.165, 1.54) is 22.0 Å². The number of nitrogens with one attached hydrogen (secondary N) is 1. The van der Waals surface area contributed by atoms with Crippen LogP contribution in [-0.4, -0.2) is 54.3 Å². The van der Waals surface area contributed by atoms with Gasteiger partial charge >= 0.3 is 6.03 Å². The van der Waals surface area contributed by atoms with E-state index in [1.807, 2.05) is 38.1 Å². The van der Waals surface area contributed by atoms with Gasteiger partial charge in [0.05, 0.1) is 18.9 Å². The fraction of sp³-hybridized carbons (Fsp3) is 0.348. The predicted octanol–water partition coefficient (Wildman–Crippen LogP) is 3.56. The molecule has 164 valence electrons. The number of benzene rings is 2. The smallest absolute Gasteiger partial charge is 0.317 e. The zero-order valence-corrected chi connectivity index (χ0v) is 18.1. The van der Waals surface area contributed by atoms with Gasteiger partial charge in [-0.1, -0.05) is 24.3 Å². The summed E-state index contributed by atoms with van der Waals surface area (Å²) < 4.78 is 18.7. The van der Waals surface area contributed by atoms with Crippen molar-refractivity contribution in [3.8, 4) is 5.75 Å². The van der Waals surface area contributed by atoms with Gasteiger partial charge in [0.2, 0.25) is 0 Å². The van der Waals surface area contributed by atoms with Gasteiger partial charge < -0.3 is 15.0 Å². The molecule has 2 aromatic rings. The molecule has 1 aliphatic rings. The summed E-state index contributed by atoms with van der Waals surface area (Å²) in [7, 11) is 3.15. The van der Waals surface area contributed by atoms with Gasteiger partial charge in [-0.05, 0) is 43.7 Å². The molecule has 1 heterocycles. The Bertz CT molecular complexity index is 975. The lowest BCUT2D eigenvalue weighted by atomic mass is 9.98. The monoisotopic (exact) mass is 426 g/mol. The van der Waals surface area contributed by atoms with E-state index in [4.69, 9.17) is 4.74 Å². The standard InChI is InChI=1S/C23H27FN4O3/c1-15(2)25-23(30)27(3)14-22(29)28-21(16-8-10-18(24)11-9-16)13-20(26-28)17-6-5-7-19(12-17)31-4/h5-12,15,21H,13-14H2,1-4H3,(H,25,30). The third-order valence-electron chi connectivity index (χ3n) is 4.95. The third kappa shape index (κ3) is 5.39. The van der Waals surface area contributed by atoms with Gasteiger partial charge in [0.25, 0.3) is 5.91 Å². The van der Waals surface area contributed by atoms with Crippen LogP contribution in [0, 0.1) is 5.82 Å². The number of hydrogen-bond donors (Lipinski definition) is 1. The molecule has 2 aromatic carbocycles. The summed E-state index contributed by atoms with van der Waals surface area (Å²) in [5.41, 5.74) is 2.33. The van der Waals surface area contributed by atoms with Gasteiger partial charge in [-0.2, -0.15) is 5.10 Å². The maximum absolute atomic E-state index is 13.4. The Hall–Kier alpha value is -3.42. The molecule has 0 saturated heterocycles. The van der Waals surface area contributed by atoms with Crippen LogP contribution in [-0.2, 0) is 4.79 Å². The second-order valence-corrected chi connectivity index (χ2v) is 7.75. The van der Waals surface area contributed by atoms with Gasteiger partial charge in [0, 0.05) is 25.1 Å². The van der Waals surface area contributed by atoms with Crippen molar-refractivity contribution >= 4 is 17.6 Å². The molecule has 0 radical (unpaired) electrons. The number of carbonyl (C=O) groups excluding carboxylic acids is 2. The van der Waals surface area contributed by atoms with E-state index in [0.29, 0.717) is 12.2 Å². The van der Waals surface area contributed by atoms with E-state index < -0.39 is 6.04 Å². The van der Waals surface area contributed by atoms with Crippen LogP contribution in [0.2, 0.25) is 0 Å². The van der Waals surface area contributed by atoms with E-state index in [2.05, 4.69) is 10.4 Å². The molecule has 3 rings (SSSR count). The van der Waals surface area contributed by atoms with Crippen molar-refractivity contribution in [2.45, 2.75) is 32.4 Å². The summed E-state index contributed by atoms with van der Waals surface area (Å²) in [6.07, 6.45) is 0.465. The molecule has 0 aliphatic carbocycles. The van der Waals surface area contributed by atoms with Crippen LogP contribution < -0.4 is 10.1 Å². The first-order chi connectivity index (χ1) is 14.8. The molecule has 0 fully saturated rings. The first kappa shape index (κ1) is 22.3. The number of rotatable bonds is 6. The molecule has 7 nitrogen and oxygen atoms in total. The van der Waals surface area contributed by atoms with Crippen molar-refractivity contribution in [2.75, 3.05) is 20.7 Å². The Morgan fingerprint density at radius 2 is 1.97 bits per heavy atom. The van der Waals surface area contributed by atoms with Crippen molar-refractivity contribution < 1.29 is 18.7 Å². The maximum atomic E-state index is 13.4. The number of methoxy groups -OCH3 is 1.